The zero-order valence-corrected chi connectivity index (χ0v) is 16.3. The maximum atomic E-state index is 14.4. The molecular formula is C23H20F5NO. The largest absolute Gasteiger partial charge is 0.429 e. The number of benzene rings is 2. The van der Waals surface area contributed by atoms with Crippen LogP contribution in [0.3, 0.4) is 0 Å². The van der Waals surface area contributed by atoms with Crippen LogP contribution in [0.15, 0.2) is 54.7 Å². The molecule has 0 aliphatic rings. The minimum Gasteiger partial charge on any atom is -0.429 e. The van der Waals surface area contributed by atoms with Gasteiger partial charge >= 0.3 is 6.11 Å². The summed E-state index contributed by atoms with van der Waals surface area (Å²) >= 11 is 0. The van der Waals surface area contributed by atoms with E-state index >= 15 is 0 Å². The number of alkyl halides is 2. The zero-order valence-electron chi connectivity index (χ0n) is 16.3. The molecule has 1 aromatic heterocycles. The summed E-state index contributed by atoms with van der Waals surface area (Å²) in [6.45, 7) is 2.12. The number of hydrogen-bond acceptors (Lipinski definition) is 2. The Labute approximate surface area is 171 Å². The maximum absolute atomic E-state index is 14.4. The van der Waals surface area contributed by atoms with Gasteiger partial charge in [0, 0.05) is 17.8 Å². The van der Waals surface area contributed by atoms with Crippen molar-refractivity contribution in [3.63, 3.8) is 0 Å². The summed E-state index contributed by atoms with van der Waals surface area (Å²) in [5.74, 6) is -4.37. The lowest BCUT2D eigenvalue weighted by atomic mass is 10.0. The van der Waals surface area contributed by atoms with E-state index in [4.69, 9.17) is 0 Å². The lowest BCUT2D eigenvalue weighted by Gasteiger charge is -2.19. The Morgan fingerprint density at radius 1 is 0.867 bits per heavy atom. The summed E-state index contributed by atoms with van der Waals surface area (Å²) in [5.41, 5.74) is 0.812. The fourth-order valence-electron chi connectivity index (χ4n) is 2.98. The normalized spacial score (nSPS) is 11.5. The molecule has 0 unspecified atom stereocenters. The van der Waals surface area contributed by atoms with Crippen molar-refractivity contribution < 1.29 is 26.7 Å². The number of nitrogens with zero attached hydrogens (tertiary/aromatic N) is 1. The van der Waals surface area contributed by atoms with Gasteiger partial charge in [0.15, 0.2) is 11.6 Å². The summed E-state index contributed by atoms with van der Waals surface area (Å²) < 4.78 is 73.8. The highest BCUT2D eigenvalue weighted by Crippen LogP contribution is 2.35. The second kappa shape index (κ2) is 9.24. The smallest absolute Gasteiger partial charge is 0.429 e. The molecule has 2 aromatic carbocycles. The first kappa shape index (κ1) is 21.7. The van der Waals surface area contributed by atoms with E-state index in [2.05, 4.69) is 16.6 Å². The quantitative estimate of drug-likeness (QED) is 0.288. The highest BCUT2D eigenvalue weighted by Gasteiger charge is 2.38. The van der Waals surface area contributed by atoms with Gasteiger partial charge in [0.2, 0.25) is 0 Å². The summed E-state index contributed by atoms with van der Waals surface area (Å²) in [6.07, 6.45) is 1.79. The Morgan fingerprint density at radius 2 is 1.67 bits per heavy atom. The van der Waals surface area contributed by atoms with E-state index in [0.29, 0.717) is 23.4 Å². The SMILES string of the molecule is CCCCCc1ccc(-c2ccc(C(F)(F)Oc3ccc(F)c(F)c3)c(F)c2)nc1. The highest BCUT2D eigenvalue weighted by atomic mass is 19.3. The summed E-state index contributed by atoms with van der Waals surface area (Å²) in [4.78, 5) is 4.28. The molecule has 0 radical (unpaired) electrons. The third-order valence-electron chi connectivity index (χ3n) is 4.61. The van der Waals surface area contributed by atoms with Crippen LogP contribution in [0.4, 0.5) is 22.0 Å². The third-order valence-corrected chi connectivity index (χ3v) is 4.61. The van der Waals surface area contributed by atoms with Crippen molar-refractivity contribution in [3.8, 4) is 17.0 Å². The fraction of sp³-hybridized carbons (Fsp3) is 0.261. The Hall–Kier alpha value is -2.96. The maximum Gasteiger partial charge on any atom is 0.429 e. The van der Waals surface area contributed by atoms with E-state index in [1.807, 2.05) is 6.07 Å². The van der Waals surface area contributed by atoms with Gasteiger partial charge in [0.05, 0.1) is 11.3 Å². The summed E-state index contributed by atoms with van der Waals surface area (Å²) in [6, 6.07) is 8.69. The molecule has 3 aromatic rings. The Balaban J connectivity index is 1.77. The number of pyridine rings is 1. The number of ether oxygens (including phenoxy) is 1. The van der Waals surface area contributed by atoms with Gasteiger partial charge in [-0.2, -0.15) is 8.78 Å². The van der Waals surface area contributed by atoms with Crippen molar-refractivity contribution >= 4 is 0 Å². The van der Waals surface area contributed by atoms with Crippen LogP contribution < -0.4 is 4.74 Å². The van der Waals surface area contributed by atoms with Crippen LogP contribution in [0.25, 0.3) is 11.3 Å². The summed E-state index contributed by atoms with van der Waals surface area (Å²) in [7, 11) is 0. The van der Waals surface area contributed by atoms with E-state index in [9.17, 15) is 22.0 Å². The van der Waals surface area contributed by atoms with E-state index in [-0.39, 0.29) is 0 Å². The molecule has 0 saturated heterocycles. The predicted octanol–water partition coefficient (Wildman–Crippen LogP) is 7.03. The number of unbranched alkanes of at least 4 members (excludes halogenated alkanes) is 2. The molecule has 0 N–H and O–H groups in total. The zero-order chi connectivity index (χ0) is 21.7. The van der Waals surface area contributed by atoms with Crippen LogP contribution in [0.1, 0.15) is 37.3 Å². The van der Waals surface area contributed by atoms with Gasteiger partial charge in [-0.25, -0.2) is 13.2 Å². The molecule has 0 aliphatic heterocycles. The van der Waals surface area contributed by atoms with Crippen LogP contribution in [0.2, 0.25) is 0 Å². The predicted molar refractivity (Wildman–Crippen MR) is 104 cm³/mol. The minimum absolute atomic E-state index is 0.333. The van der Waals surface area contributed by atoms with Crippen LogP contribution in [0, 0.1) is 17.5 Å². The molecule has 30 heavy (non-hydrogen) atoms. The third kappa shape index (κ3) is 5.14. The van der Waals surface area contributed by atoms with Crippen LogP contribution in [-0.4, -0.2) is 4.98 Å². The number of rotatable bonds is 8. The molecule has 0 fully saturated rings. The van der Waals surface area contributed by atoms with Crippen LogP contribution >= 0.6 is 0 Å². The Morgan fingerprint density at radius 3 is 2.30 bits per heavy atom. The molecule has 3 rings (SSSR count). The average molecular weight is 421 g/mol. The molecule has 0 atom stereocenters. The van der Waals surface area contributed by atoms with Crippen LogP contribution in [-0.2, 0) is 12.5 Å². The molecule has 0 spiro atoms. The molecule has 0 bridgehead atoms. The monoisotopic (exact) mass is 421 g/mol. The standard InChI is InChI=1S/C23H20F5NO/c1-2-3-4-5-15-6-11-22(29-14-15)16-7-9-18(20(25)12-16)23(27,28)30-17-8-10-19(24)21(26)13-17/h6-14H,2-5H2,1H3. The van der Waals surface area contributed by atoms with Crippen molar-refractivity contribution in [1.29, 1.82) is 0 Å². The second-order valence-corrected chi connectivity index (χ2v) is 6.90. The first-order valence-corrected chi connectivity index (χ1v) is 9.57. The number of halogens is 5. The van der Waals surface area contributed by atoms with Gasteiger partial charge in [-0.15, -0.1) is 0 Å². The Bertz CT molecular complexity index is 1000. The molecule has 7 heteroatoms. The molecule has 0 amide bonds. The van der Waals surface area contributed by atoms with E-state index in [1.54, 1.807) is 12.3 Å². The highest BCUT2D eigenvalue weighted by molar-refractivity contribution is 5.60. The summed E-state index contributed by atoms with van der Waals surface area (Å²) in [5, 5.41) is 0. The molecule has 2 nitrogen and oxygen atoms in total. The topological polar surface area (TPSA) is 22.1 Å². The molecule has 0 aliphatic carbocycles. The first-order chi connectivity index (χ1) is 14.3. The molecule has 158 valence electrons. The molecule has 0 saturated carbocycles. The Kier molecular flexibility index (Phi) is 6.70. The van der Waals surface area contributed by atoms with Crippen molar-refractivity contribution in [2.24, 2.45) is 0 Å². The van der Waals surface area contributed by atoms with Gasteiger partial charge < -0.3 is 4.74 Å². The number of aromatic nitrogens is 1. The first-order valence-electron chi connectivity index (χ1n) is 9.57. The second-order valence-electron chi connectivity index (χ2n) is 6.90. The van der Waals surface area contributed by atoms with Crippen molar-refractivity contribution in [2.45, 2.75) is 38.7 Å². The average Bonchev–Trinajstić information content (AvgIpc) is 2.71. The van der Waals surface area contributed by atoms with Gasteiger partial charge in [-0.1, -0.05) is 31.9 Å². The van der Waals surface area contributed by atoms with Crippen LogP contribution in [0.5, 0.6) is 5.75 Å². The van der Waals surface area contributed by atoms with Gasteiger partial charge in [0.1, 0.15) is 11.6 Å². The van der Waals surface area contributed by atoms with Gasteiger partial charge in [-0.05, 0) is 48.7 Å². The van der Waals surface area contributed by atoms with E-state index in [1.165, 1.54) is 6.07 Å². The molecule has 1 heterocycles. The fourth-order valence-corrected chi connectivity index (χ4v) is 2.98. The van der Waals surface area contributed by atoms with Crippen molar-refractivity contribution in [1.82, 2.24) is 4.98 Å². The molecular weight excluding hydrogens is 401 g/mol. The van der Waals surface area contributed by atoms with E-state index < -0.39 is 34.9 Å². The lowest BCUT2D eigenvalue weighted by Crippen LogP contribution is -2.23. The number of aryl methyl sites for hydroxylation is 1. The lowest BCUT2D eigenvalue weighted by molar-refractivity contribution is -0.187. The van der Waals surface area contributed by atoms with Crippen molar-refractivity contribution in [2.75, 3.05) is 0 Å². The van der Waals surface area contributed by atoms with Gasteiger partial charge in [-0.3, -0.25) is 4.98 Å². The number of hydrogen-bond donors (Lipinski definition) is 0. The van der Waals surface area contributed by atoms with Gasteiger partial charge in [0.25, 0.3) is 0 Å². The van der Waals surface area contributed by atoms with E-state index in [0.717, 1.165) is 49.4 Å². The minimum atomic E-state index is -4.08. The van der Waals surface area contributed by atoms with Crippen molar-refractivity contribution in [3.05, 3.63) is 83.3 Å².